The molecule has 0 spiro atoms. The van der Waals surface area contributed by atoms with Crippen LogP contribution in [0, 0.1) is 0 Å². The van der Waals surface area contributed by atoms with E-state index in [0.29, 0.717) is 30.8 Å². The number of methoxy groups -OCH3 is 1. The summed E-state index contributed by atoms with van der Waals surface area (Å²) in [6, 6.07) is 14.8. The first-order valence-electron chi connectivity index (χ1n) is 10.6. The zero-order valence-corrected chi connectivity index (χ0v) is 19.5. The maximum absolute atomic E-state index is 12.9. The molecule has 1 saturated heterocycles. The zero-order valence-electron chi connectivity index (χ0n) is 18.0. The van der Waals surface area contributed by atoms with Crippen LogP contribution in [0.25, 0.3) is 0 Å². The Morgan fingerprint density at radius 1 is 1.10 bits per heavy atom. The van der Waals surface area contributed by atoms with Gasteiger partial charge in [0.2, 0.25) is 0 Å². The van der Waals surface area contributed by atoms with Crippen molar-refractivity contribution in [2.45, 2.75) is 50.3 Å². The van der Waals surface area contributed by atoms with Gasteiger partial charge in [-0.3, -0.25) is 9.69 Å². The number of nitrogens with zero attached hydrogens (tertiary/aromatic N) is 1. The molecule has 5 nitrogen and oxygen atoms in total. The number of piperidine rings is 1. The fourth-order valence-electron chi connectivity index (χ4n) is 3.71. The van der Waals surface area contributed by atoms with E-state index in [4.69, 9.17) is 26.8 Å². The van der Waals surface area contributed by atoms with Crippen LogP contribution in [0.2, 0.25) is 0 Å². The van der Waals surface area contributed by atoms with Gasteiger partial charge in [-0.1, -0.05) is 30.7 Å². The lowest BCUT2D eigenvalue weighted by molar-refractivity contribution is 0.0967. The van der Waals surface area contributed by atoms with Crippen molar-refractivity contribution < 1.29 is 14.3 Å². The molecule has 1 aliphatic heterocycles. The second kappa shape index (κ2) is 12.9. The monoisotopic (exact) mass is 466 g/mol. The van der Waals surface area contributed by atoms with Gasteiger partial charge in [0, 0.05) is 12.5 Å². The minimum atomic E-state index is -0.235. The molecule has 3 rings (SSSR count). The van der Waals surface area contributed by atoms with E-state index in [0.717, 1.165) is 37.2 Å². The Hall–Kier alpha value is -1.79. The molecule has 0 bridgehead atoms. The van der Waals surface area contributed by atoms with E-state index in [2.05, 4.69) is 4.90 Å². The Bertz CT molecular complexity index is 811. The highest BCUT2D eigenvalue weighted by molar-refractivity contribution is 6.20. The van der Waals surface area contributed by atoms with E-state index in [-0.39, 0.29) is 29.7 Å². The average Bonchev–Trinajstić information content (AvgIpc) is 2.81. The molecule has 7 heteroatoms. The van der Waals surface area contributed by atoms with Crippen LogP contribution >= 0.6 is 24.0 Å². The highest BCUT2D eigenvalue weighted by Crippen LogP contribution is 2.24. The lowest BCUT2D eigenvalue weighted by Gasteiger charge is -2.33. The number of Topliss-reactive ketones (excluding diaryl/α,β-unsaturated/α-hetero) is 1. The van der Waals surface area contributed by atoms with Crippen LogP contribution in [0.5, 0.6) is 11.5 Å². The number of ketones is 1. The van der Waals surface area contributed by atoms with Crippen molar-refractivity contribution in [3.63, 3.8) is 0 Å². The number of benzene rings is 2. The van der Waals surface area contributed by atoms with E-state index in [1.165, 1.54) is 6.42 Å². The van der Waals surface area contributed by atoms with Crippen LogP contribution in [-0.4, -0.2) is 42.4 Å². The Morgan fingerprint density at radius 3 is 2.45 bits per heavy atom. The van der Waals surface area contributed by atoms with Crippen molar-refractivity contribution in [1.82, 2.24) is 4.90 Å². The topological polar surface area (TPSA) is 64.8 Å². The van der Waals surface area contributed by atoms with Crippen LogP contribution in [0.1, 0.15) is 48.0 Å². The summed E-state index contributed by atoms with van der Waals surface area (Å²) in [5.74, 6) is 1.41. The number of halogens is 2. The van der Waals surface area contributed by atoms with Crippen LogP contribution < -0.4 is 15.2 Å². The first-order chi connectivity index (χ1) is 14.6. The summed E-state index contributed by atoms with van der Waals surface area (Å²) in [7, 11) is 1.64. The molecule has 2 atom stereocenters. The number of hydrogen-bond donors (Lipinski definition) is 1. The largest absolute Gasteiger partial charge is 0.497 e. The maximum Gasteiger partial charge on any atom is 0.166 e. The second-order valence-electron chi connectivity index (χ2n) is 7.73. The molecular formula is C24H32Cl2N2O3. The summed E-state index contributed by atoms with van der Waals surface area (Å²) in [5, 5.41) is 0. The molecule has 2 N–H and O–H groups in total. The van der Waals surface area contributed by atoms with Crippen molar-refractivity contribution in [1.29, 1.82) is 0 Å². The van der Waals surface area contributed by atoms with Crippen LogP contribution in [-0.2, 0) is 6.61 Å². The Balaban J connectivity index is 0.00000341. The highest BCUT2D eigenvalue weighted by Gasteiger charge is 2.25. The third-order valence-electron chi connectivity index (χ3n) is 5.54. The molecule has 2 aromatic rings. The van der Waals surface area contributed by atoms with E-state index in [9.17, 15) is 4.79 Å². The third-order valence-corrected chi connectivity index (χ3v) is 6.14. The Kier molecular flexibility index (Phi) is 10.6. The molecule has 2 aromatic carbocycles. The summed E-state index contributed by atoms with van der Waals surface area (Å²) in [5.41, 5.74) is 7.67. The van der Waals surface area contributed by atoms with Gasteiger partial charge in [0.1, 0.15) is 23.6 Å². The molecule has 0 aromatic heterocycles. The standard InChI is InChI=1S/C24H31ClN2O3.ClH/c1-29-19-11-9-18(10-12-19)17-30-23-8-4-3-7-20(23)22(28)14-13-21(26)24(25)27-15-5-2-6-16-27;/h3-4,7-12,21,24H,2,5-6,13-17,26H2,1H3;1H. The number of ether oxygens (including phenoxy) is 2. The molecule has 2 unspecified atom stereocenters. The van der Waals surface area contributed by atoms with Crippen LogP contribution in [0.4, 0.5) is 0 Å². The molecule has 170 valence electrons. The molecule has 0 amide bonds. The summed E-state index contributed by atoms with van der Waals surface area (Å²) >= 11 is 6.57. The van der Waals surface area contributed by atoms with Gasteiger partial charge >= 0.3 is 0 Å². The average molecular weight is 467 g/mol. The summed E-state index contributed by atoms with van der Waals surface area (Å²) in [6.07, 6.45) is 4.47. The van der Waals surface area contributed by atoms with Crippen molar-refractivity contribution >= 4 is 29.8 Å². The lowest BCUT2D eigenvalue weighted by Crippen LogP contribution is -2.46. The van der Waals surface area contributed by atoms with E-state index in [1.54, 1.807) is 13.2 Å². The fraction of sp³-hybridized carbons (Fsp3) is 0.458. The van der Waals surface area contributed by atoms with Crippen LogP contribution in [0.3, 0.4) is 0 Å². The number of hydrogen-bond acceptors (Lipinski definition) is 5. The zero-order chi connectivity index (χ0) is 21.3. The molecule has 1 heterocycles. The van der Waals surface area contributed by atoms with Gasteiger partial charge < -0.3 is 15.2 Å². The maximum atomic E-state index is 12.9. The van der Waals surface area contributed by atoms with Crippen molar-refractivity contribution in [2.75, 3.05) is 20.2 Å². The smallest absolute Gasteiger partial charge is 0.166 e. The first-order valence-corrected chi connectivity index (χ1v) is 11.0. The molecule has 1 aliphatic rings. The quantitative estimate of drug-likeness (QED) is 0.302. The lowest BCUT2D eigenvalue weighted by atomic mass is 10.0. The molecule has 0 aliphatic carbocycles. The van der Waals surface area contributed by atoms with Gasteiger partial charge in [-0.25, -0.2) is 0 Å². The van der Waals surface area contributed by atoms with Gasteiger partial charge in [0.05, 0.1) is 12.7 Å². The third kappa shape index (κ3) is 7.39. The van der Waals surface area contributed by atoms with Gasteiger partial charge in [-0.15, -0.1) is 24.0 Å². The van der Waals surface area contributed by atoms with E-state index < -0.39 is 0 Å². The van der Waals surface area contributed by atoms with Gasteiger partial charge in [-0.05, 0) is 62.2 Å². The Morgan fingerprint density at radius 2 is 1.77 bits per heavy atom. The first kappa shape index (κ1) is 25.5. The molecule has 0 radical (unpaired) electrons. The van der Waals surface area contributed by atoms with Crippen LogP contribution in [0.15, 0.2) is 48.5 Å². The summed E-state index contributed by atoms with van der Waals surface area (Å²) < 4.78 is 11.1. The second-order valence-corrected chi connectivity index (χ2v) is 8.18. The minimum Gasteiger partial charge on any atom is -0.497 e. The molecular weight excluding hydrogens is 435 g/mol. The van der Waals surface area contributed by atoms with Crippen molar-refractivity contribution in [2.24, 2.45) is 5.73 Å². The highest BCUT2D eigenvalue weighted by atomic mass is 35.5. The number of rotatable bonds is 10. The van der Waals surface area contributed by atoms with Gasteiger partial charge in [0.15, 0.2) is 5.78 Å². The number of likely N-dealkylation sites (tertiary alicyclic amines) is 1. The van der Waals surface area contributed by atoms with Crippen molar-refractivity contribution in [3.05, 3.63) is 59.7 Å². The van der Waals surface area contributed by atoms with Gasteiger partial charge in [-0.2, -0.15) is 0 Å². The normalized spacial score (nSPS) is 16.1. The molecule has 1 fully saturated rings. The summed E-state index contributed by atoms with van der Waals surface area (Å²) in [4.78, 5) is 15.1. The van der Waals surface area contributed by atoms with Crippen molar-refractivity contribution in [3.8, 4) is 11.5 Å². The number of carbonyl (C=O) groups excluding carboxylic acids is 1. The Labute approximate surface area is 196 Å². The minimum absolute atomic E-state index is 0. The molecule has 0 saturated carbocycles. The SMILES string of the molecule is COc1ccc(COc2ccccc2C(=O)CCC(N)C(Cl)N2CCCCC2)cc1.Cl. The number of alkyl halides is 1. The van der Waals surface area contributed by atoms with Gasteiger partial charge in [0.25, 0.3) is 0 Å². The fourth-order valence-corrected chi connectivity index (χ4v) is 4.03. The number of para-hydroxylation sites is 1. The molecule has 31 heavy (non-hydrogen) atoms. The van der Waals surface area contributed by atoms with E-state index in [1.807, 2.05) is 42.5 Å². The number of nitrogens with two attached hydrogens (primary N) is 1. The van der Waals surface area contributed by atoms with E-state index >= 15 is 0 Å². The predicted molar refractivity (Wildman–Crippen MR) is 128 cm³/mol. The summed E-state index contributed by atoms with van der Waals surface area (Å²) in [6.45, 7) is 2.35. The predicted octanol–water partition coefficient (Wildman–Crippen LogP) is 5.04. The number of carbonyl (C=O) groups is 1.